The van der Waals surface area contributed by atoms with E-state index in [9.17, 15) is 0 Å². The van der Waals surface area contributed by atoms with E-state index < -0.39 is 0 Å². The quantitative estimate of drug-likeness (QED) is 0.344. The van der Waals surface area contributed by atoms with Crippen molar-refractivity contribution in [3.8, 4) is 0 Å². The molecule has 0 aliphatic rings. The molecule has 0 bridgehead atoms. The minimum atomic E-state index is 0. The first-order valence-electron chi connectivity index (χ1n) is 1.30. The van der Waals surface area contributed by atoms with Gasteiger partial charge < -0.3 is 2.85 Å². The maximum absolute atomic E-state index is 3.49. The Hall–Kier alpha value is 1.14. The van der Waals surface area contributed by atoms with Crippen LogP contribution < -0.4 is 59.1 Å². The second-order valence-electron chi connectivity index (χ2n) is 0.656. The molecule has 0 aromatic carbocycles. The molecule has 0 saturated carbocycles. The Labute approximate surface area is 88.8 Å². The van der Waals surface area contributed by atoms with Crippen molar-refractivity contribution in [3.63, 3.8) is 0 Å². The molecular formula is C2H5N3Na2. The van der Waals surface area contributed by atoms with Crippen LogP contribution in [0.4, 0.5) is 0 Å². The number of rotatable bonds is 0. The average Bonchev–Trinajstić information content (AvgIpc) is 1.76. The van der Waals surface area contributed by atoms with Gasteiger partial charge in [-0.05, 0) is 0 Å². The van der Waals surface area contributed by atoms with Crippen molar-refractivity contribution in [1.82, 2.24) is 15.4 Å². The predicted molar refractivity (Wildman–Crippen MR) is 18.6 cm³/mol. The third-order valence-electron chi connectivity index (χ3n) is 0.331. The summed E-state index contributed by atoms with van der Waals surface area (Å²) in [7, 11) is 0. The number of aromatic amines is 1. The molecule has 5 heteroatoms. The minimum absolute atomic E-state index is 0. The molecule has 1 N–H and O–H groups in total. The summed E-state index contributed by atoms with van der Waals surface area (Å²) in [5.41, 5.74) is 0. The molecule has 0 aliphatic heterocycles. The maximum atomic E-state index is 3.49. The molecular weight excluding hydrogens is 112 g/mol. The Kier molecular flexibility index (Phi) is 11.2. The SMILES string of the molecule is [H-].[H-].[Na+].[Na+].c1cn[nH]n1. The topological polar surface area (TPSA) is 41.6 Å². The summed E-state index contributed by atoms with van der Waals surface area (Å²) in [4.78, 5) is 0. The van der Waals surface area contributed by atoms with Gasteiger partial charge in [0.15, 0.2) is 0 Å². The van der Waals surface area contributed by atoms with Gasteiger partial charge in [0.25, 0.3) is 0 Å². The van der Waals surface area contributed by atoms with E-state index in [1.54, 1.807) is 12.4 Å². The van der Waals surface area contributed by atoms with Crippen LogP contribution in [0.25, 0.3) is 0 Å². The van der Waals surface area contributed by atoms with E-state index in [0.717, 1.165) is 0 Å². The van der Waals surface area contributed by atoms with Crippen molar-refractivity contribution < 1.29 is 62.0 Å². The maximum Gasteiger partial charge on any atom is 1.00 e. The van der Waals surface area contributed by atoms with Gasteiger partial charge in [-0.3, -0.25) is 0 Å². The van der Waals surface area contributed by atoms with Crippen LogP contribution in [0.2, 0.25) is 0 Å². The Morgan fingerprint density at radius 3 is 1.71 bits per heavy atom. The number of H-pyrrole nitrogens is 1. The minimum Gasteiger partial charge on any atom is -1.00 e. The van der Waals surface area contributed by atoms with Crippen molar-refractivity contribution in [2.75, 3.05) is 0 Å². The summed E-state index contributed by atoms with van der Waals surface area (Å²) >= 11 is 0. The summed E-state index contributed by atoms with van der Waals surface area (Å²) in [5, 5.41) is 9.33. The number of nitrogens with zero attached hydrogens (tertiary/aromatic N) is 2. The normalized spacial score (nSPS) is 5.71. The summed E-state index contributed by atoms with van der Waals surface area (Å²) < 4.78 is 0. The predicted octanol–water partition coefficient (Wildman–Crippen LogP) is -5.96. The summed E-state index contributed by atoms with van der Waals surface area (Å²) in [6, 6.07) is 0. The third-order valence-corrected chi connectivity index (χ3v) is 0.331. The summed E-state index contributed by atoms with van der Waals surface area (Å²) in [5.74, 6) is 0. The zero-order chi connectivity index (χ0) is 3.54. The first-order valence-corrected chi connectivity index (χ1v) is 1.30. The van der Waals surface area contributed by atoms with Crippen molar-refractivity contribution in [2.45, 2.75) is 0 Å². The molecule has 0 atom stereocenters. The molecule has 30 valence electrons. The van der Waals surface area contributed by atoms with Crippen LogP contribution >= 0.6 is 0 Å². The molecule has 7 heavy (non-hydrogen) atoms. The zero-order valence-corrected chi connectivity index (χ0v) is 8.55. The Morgan fingerprint density at radius 2 is 1.57 bits per heavy atom. The molecule has 0 unspecified atom stereocenters. The fraction of sp³-hybridized carbons (Fsp3) is 0. The van der Waals surface area contributed by atoms with Crippen molar-refractivity contribution in [2.24, 2.45) is 0 Å². The number of hydrogen-bond donors (Lipinski definition) is 1. The van der Waals surface area contributed by atoms with Crippen LogP contribution in [0, 0.1) is 0 Å². The standard InChI is InChI=1S/C2H3N3.2Na.2H/c1-2-4-5-3-1;;;;/h1-2H,(H,3,4,5);;;;/q;2*+1;2*-1. The van der Waals surface area contributed by atoms with E-state index >= 15 is 0 Å². The van der Waals surface area contributed by atoms with E-state index in [4.69, 9.17) is 0 Å². The van der Waals surface area contributed by atoms with E-state index in [0.29, 0.717) is 0 Å². The second kappa shape index (κ2) is 7.14. The van der Waals surface area contributed by atoms with Gasteiger partial charge in [0.2, 0.25) is 0 Å². The van der Waals surface area contributed by atoms with Gasteiger partial charge in [-0.25, -0.2) is 0 Å². The zero-order valence-electron chi connectivity index (χ0n) is 6.55. The Balaban J connectivity index is -0.0000000312. The van der Waals surface area contributed by atoms with Crippen molar-refractivity contribution >= 4 is 0 Å². The molecule has 3 nitrogen and oxygen atoms in total. The first-order chi connectivity index (χ1) is 2.50. The van der Waals surface area contributed by atoms with E-state index in [2.05, 4.69) is 15.4 Å². The van der Waals surface area contributed by atoms with Crippen LogP contribution in [0.5, 0.6) is 0 Å². The molecule has 0 aliphatic carbocycles. The van der Waals surface area contributed by atoms with E-state index in [1.807, 2.05) is 0 Å². The average molecular weight is 117 g/mol. The van der Waals surface area contributed by atoms with Crippen LogP contribution in [-0.2, 0) is 0 Å². The number of nitrogens with one attached hydrogen (secondary N) is 1. The molecule has 1 aromatic heterocycles. The molecule has 0 radical (unpaired) electrons. The van der Waals surface area contributed by atoms with Gasteiger partial charge in [-0.15, -0.1) is 0 Å². The Morgan fingerprint density at radius 1 is 1.14 bits per heavy atom. The fourth-order valence-corrected chi connectivity index (χ4v) is 0.167. The van der Waals surface area contributed by atoms with Crippen LogP contribution in [0.15, 0.2) is 12.4 Å². The molecule has 0 saturated heterocycles. The molecule has 0 fully saturated rings. The summed E-state index contributed by atoms with van der Waals surface area (Å²) in [6.07, 6.45) is 3.17. The molecule has 0 spiro atoms. The molecule has 0 amide bonds. The van der Waals surface area contributed by atoms with E-state index in [1.165, 1.54) is 0 Å². The first kappa shape index (κ1) is 11.0. The monoisotopic (exact) mass is 117 g/mol. The molecule has 1 aromatic rings. The molecule has 1 heterocycles. The van der Waals surface area contributed by atoms with Gasteiger partial charge in [-0.2, -0.15) is 15.4 Å². The number of aromatic nitrogens is 3. The van der Waals surface area contributed by atoms with Crippen LogP contribution in [-0.4, -0.2) is 15.4 Å². The van der Waals surface area contributed by atoms with Crippen molar-refractivity contribution in [3.05, 3.63) is 12.4 Å². The summed E-state index contributed by atoms with van der Waals surface area (Å²) in [6.45, 7) is 0. The van der Waals surface area contributed by atoms with Crippen LogP contribution in [0.3, 0.4) is 0 Å². The largest absolute Gasteiger partial charge is 1.00 e. The fourth-order valence-electron chi connectivity index (χ4n) is 0.167. The molecule has 1 rings (SSSR count). The van der Waals surface area contributed by atoms with Crippen molar-refractivity contribution in [1.29, 1.82) is 0 Å². The second-order valence-corrected chi connectivity index (χ2v) is 0.656. The Bertz CT molecular complexity index is 74.3. The van der Waals surface area contributed by atoms with Gasteiger partial charge >= 0.3 is 59.1 Å². The van der Waals surface area contributed by atoms with Gasteiger partial charge in [0.05, 0.1) is 12.4 Å². The number of hydrogen-bond acceptors (Lipinski definition) is 2. The van der Waals surface area contributed by atoms with Gasteiger partial charge in [0, 0.05) is 0 Å². The van der Waals surface area contributed by atoms with Crippen LogP contribution in [0.1, 0.15) is 2.85 Å². The van der Waals surface area contributed by atoms with Gasteiger partial charge in [0.1, 0.15) is 0 Å². The van der Waals surface area contributed by atoms with E-state index in [-0.39, 0.29) is 62.0 Å². The van der Waals surface area contributed by atoms with Gasteiger partial charge in [-0.1, -0.05) is 0 Å². The third kappa shape index (κ3) is 5.00. The smallest absolute Gasteiger partial charge is 1.00 e.